The molecule has 0 saturated carbocycles. The molecule has 1 saturated heterocycles. The average molecular weight is 368 g/mol. The number of likely N-dealkylation sites (tertiary alicyclic amines) is 1. The zero-order valence-electron chi connectivity index (χ0n) is 15.3. The summed E-state index contributed by atoms with van der Waals surface area (Å²) in [6, 6.07) is 12.1. The Morgan fingerprint density at radius 1 is 1.44 bits per heavy atom. The topological polar surface area (TPSA) is 101 Å². The van der Waals surface area contributed by atoms with Crippen LogP contribution in [0.2, 0.25) is 0 Å². The van der Waals surface area contributed by atoms with Gasteiger partial charge in [0.15, 0.2) is 5.76 Å². The molecule has 2 heterocycles. The molecule has 142 valence electrons. The van der Waals surface area contributed by atoms with Crippen molar-refractivity contribution < 1.29 is 14.6 Å². The number of carbonyl (C=O) groups excluding carboxylic acids is 1. The number of methoxy groups -OCH3 is 1. The number of pyridine rings is 1. The van der Waals surface area contributed by atoms with Gasteiger partial charge in [-0.1, -0.05) is 12.1 Å². The monoisotopic (exact) mass is 368 g/mol. The van der Waals surface area contributed by atoms with E-state index >= 15 is 0 Å². The number of nitrogens with zero attached hydrogens (tertiary/aromatic N) is 2. The molecule has 1 atom stereocenters. The summed E-state index contributed by atoms with van der Waals surface area (Å²) in [6.07, 6.45) is 3.92. The van der Waals surface area contributed by atoms with Crippen molar-refractivity contribution in [3.05, 3.63) is 59.5 Å². The number of primary amides is 1. The van der Waals surface area contributed by atoms with Crippen molar-refractivity contribution in [3.8, 4) is 5.75 Å². The first-order valence-corrected chi connectivity index (χ1v) is 8.82. The molecule has 1 aliphatic heterocycles. The molecule has 7 heteroatoms. The normalized spacial score (nSPS) is 17.7. The third kappa shape index (κ3) is 5.21. The fraction of sp³-hybridized carbons (Fsp3) is 0.300. The summed E-state index contributed by atoms with van der Waals surface area (Å²) < 4.78 is 5.28. The Balaban J connectivity index is 1.53. The summed E-state index contributed by atoms with van der Waals surface area (Å²) in [7, 11) is 1.68. The van der Waals surface area contributed by atoms with Gasteiger partial charge in [-0.2, -0.15) is 0 Å². The summed E-state index contributed by atoms with van der Waals surface area (Å²) in [6.45, 7) is 2.84. The minimum absolute atomic E-state index is 0.323. The Kier molecular flexibility index (Phi) is 5.93. The number of amides is 1. The summed E-state index contributed by atoms with van der Waals surface area (Å²) in [5.41, 5.74) is 6.85. The molecule has 2 aromatic rings. The molecule has 1 amide bonds. The van der Waals surface area contributed by atoms with Crippen molar-refractivity contribution in [3.63, 3.8) is 0 Å². The minimum Gasteiger partial charge on any atom is -0.503 e. The smallest absolute Gasteiger partial charge is 0.283 e. The van der Waals surface area contributed by atoms with Gasteiger partial charge in [-0.25, -0.2) is 4.98 Å². The van der Waals surface area contributed by atoms with Crippen LogP contribution in [0.3, 0.4) is 0 Å². The summed E-state index contributed by atoms with van der Waals surface area (Å²) in [5.74, 6) is 0.293. The highest BCUT2D eigenvalue weighted by Crippen LogP contribution is 2.19. The lowest BCUT2D eigenvalue weighted by molar-refractivity contribution is -0.116. The second kappa shape index (κ2) is 8.55. The van der Waals surface area contributed by atoms with Crippen LogP contribution in [0, 0.1) is 0 Å². The molecular weight excluding hydrogens is 344 g/mol. The Labute approximate surface area is 158 Å². The first-order valence-electron chi connectivity index (χ1n) is 8.82. The van der Waals surface area contributed by atoms with E-state index in [-0.39, 0.29) is 0 Å². The van der Waals surface area contributed by atoms with Crippen LogP contribution in [0.15, 0.2) is 48.4 Å². The SMILES string of the molecule is COc1cccc(CN2CC[C@@H](Nc3ccc(/C=C(\O)C(N)=O)cn3)C2)c1. The average Bonchev–Trinajstić information content (AvgIpc) is 3.10. The lowest BCUT2D eigenvalue weighted by Gasteiger charge is -2.17. The molecule has 1 aromatic carbocycles. The van der Waals surface area contributed by atoms with E-state index in [0.29, 0.717) is 11.6 Å². The number of ether oxygens (including phenoxy) is 1. The molecule has 0 bridgehead atoms. The van der Waals surface area contributed by atoms with Gasteiger partial charge in [-0.05, 0) is 47.9 Å². The summed E-state index contributed by atoms with van der Waals surface area (Å²) in [4.78, 5) is 17.6. The molecule has 0 spiro atoms. The van der Waals surface area contributed by atoms with Crippen LogP contribution in [0.4, 0.5) is 5.82 Å². The number of nitrogens with two attached hydrogens (primary N) is 1. The van der Waals surface area contributed by atoms with Gasteiger partial charge in [-0.15, -0.1) is 0 Å². The number of aliphatic hydroxyl groups excluding tert-OH is 1. The van der Waals surface area contributed by atoms with Crippen LogP contribution in [0.5, 0.6) is 5.75 Å². The van der Waals surface area contributed by atoms with Crippen molar-refractivity contribution in [2.75, 3.05) is 25.5 Å². The van der Waals surface area contributed by atoms with E-state index in [1.54, 1.807) is 19.4 Å². The number of nitrogens with one attached hydrogen (secondary N) is 1. The molecule has 0 aliphatic carbocycles. The van der Waals surface area contributed by atoms with Gasteiger partial charge in [-0.3, -0.25) is 9.69 Å². The Morgan fingerprint density at radius 3 is 3.00 bits per heavy atom. The number of carbonyl (C=O) groups is 1. The van der Waals surface area contributed by atoms with Crippen molar-refractivity contribution in [2.45, 2.75) is 19.0 Å². The predicted octanol–water partition coefficient (Wildman–Crippen LogP) is 2.16. The molecule has 3 rings (SSSR count). The van der Waals surface area contributed by atoms with Crippen LogP contribution in [0.25, 0.3) is 6.08 Å². The van der Waals surface area contributed by atoms with Crippen LogP contribution >= 0.6 is 0 Å². The maximum atomic E-state index is 10.9. The largest absolute Gasteiger partial charge is 0.503 e. The lowest BCUT2D eigenvalue weighted by atomic mass is 10.2. The van der Waals surface area contributed by atoms with Crippen molar-refractivity contribution >= 4 is 17.8 Å². The molecule has 27 heavy (non-hydrogen) atoms. The predicted molar refractivity (Wildman–Crippen MR) is 104 cm³/mol. The van der Waals surface area contributed by atoms with E-state index in [9.17, 15) is 9.90 Å². The quantitative estimate of drug-likeness (QED) is 0.511. The number of hydrogen-bond acceptors (Lipinski definition) is 6. The van der Waals surface area contributed by atoms with Crippen LogP contribution < -0.4 is 15.8 Å². The standard InChI is InChI=1S/C20H24N4O3/c1-27-17-4-2-3-15(9-17)12-24-8-7-16(13-24)23-19-6-5-14(11-22-19)10-18(25)20(21)26/h2-6,9-11,16,25H,7-8,12-13H2,1H3,(H2,21,26)(H,22,23)/b18-10-/t16-/m1/s1. The molecule has 4 N–H and O–H groups in total. The number of aliphatic hydroxyl groups is 1. The van der Waals surface area contributed by atoms with Gasteiger partial charge in [0.2, 0.25) is 0 Å². The van der Waals surface area contributed by atoms with Gasteiger partial charge in [0, 0.05) is 31.9 Å². The second-order valence-corrected chi connectivity index (χ2v) is 6.59. The molecule has 7 nitrogen and oxygen atoms in total. The number of aromatic nitrogens is 1. The third-order valence-corrected chi connectivity index (χ3v) is 4.51. The van der Waals surface area contributed by atoms with E-state index in [4.69, 9.17) is 10.5 Å². The maximum Gasteiger partial charge on any atom is 0.283 e. The zero-order valence-corrected chi connectivity index (χ0v) is 15.3. The van der Waals surface area contributed by atoms with E-state index in [1.807, 2.05) is 18.2 Å². The fourth-order valence-corrected chi connectivity index (χ4v) is 3.14. The van der Waals surface area contributed by atoms with Crippen LogP contribution in [-0.2, 0) is 11.3 Å². The first-order chi connectivity index (χ1) is 13.0. The first kappa shape index (κ1) is 18.7. The van der Waals surface area contributed by atoms with Gasteiger partial charge in [0.1, 0.15) is 11.6 Å². The number of benzene rings is 1. The Morgan fingerprint density at radius 2 is 2.30 bits per heavy atom. The summed E-state index contributed by atoms with van der Waals surface area (Å²) in [5, 5.41) is 12.8. The molecule has 0 radical (unpaired) electrons. The lowest BCUT2D eigenvalue weighted by Crippen LogP contribution is -2.26. The number of anilines is 1. The summed E-state index contributed by atoms with van der Waals surface area (Å²) >= 11 is 0. The fourth-order valence-electron chi connectivity index (χ4n) is 3.14. The molecule has 1 aromatic heterocycles. The van der Waals surface area contributed by atoms with Crippen LogP contribution in [-0.4, -0.2) is 47.1 Å². The van der Waals surface area contributed by atoms with E-state index in [2.05, 4.69) is 27.3 Å². The van der Waals surface area contributed by atoms with E-state index < -0.39 is 11.7 Å². The van der Waals surface area contributed by atoms with Crippen molar-refractivity contribution in [2.24, 2.45) is 5.73 Å². The highest BCUT2D eigenvalue weighted by molar-refractivity contribution is 5.93. The van der Waals surface area contributed by atoms with Gasteiger partial charge in [0.05, 0.1) is 7.11 Å². The van der Waals surface area contributed by atoms with Gasteiger partial charge < -0.3 is 20.9 Å². The van der Waals surface area contributed by atoms with Crippen molar-refractivity contribution in [1.82, 2.24) is 9.88 Å². The highest BCUT2D eigenvalue weighted by Gasteiger charge is 2.22. The molecule has 1 fully saturated rings. The van der Waals surface area contributed by atoms with E-state index in [0.717, 1.165) is 37.6 Å². The molecule has 0 unspecified atom stereocenters. The third-order valence-electron chi connectivity index (χ3n) is 4.51. The Bertz CT molecular complexity index is 820. The maximum absolute atomic E-state index is 10.9. The zero-order chi connectivity index (χ0) is 19.2. The minimum atomic E-state index is -0.862. The highest BCUT2D eigenvalue weighted by atomic mass is 16.5. The van der Waals surface area contributed by atoms with Gasteiger partial charge >= 0.3 is 0 Å². The van der Waals surface area contributed by atoms with E-state index in [1.165, 1.54) is 11.6 Å². The van der Waals surface area contributed by atoms with Crippen molar-refractivity contribution in [1.29, 1.82) is 0 Å². The number of hydrogen-bond donors (Lipinski definition) is 3. The second-order valence-electron chi connectivity index (χ2n) is 6.59. The molecular formula is C20H24N4O3. The molecule has 1 aliphatic rings. The Hall–Kier alpha value is -3.06. The number of rotatable bonds is 7. The van der Waals surface area contributed by atoms with Crippen LogP contribution in [0.1, 0.15) is 17.5 Å². The van der Waals surface area contributed by atoms with Gasteiger partial charge in [0.25, 0.3) is 5.91 Å².